The maximum atomic E-state index is 12.6. The van der Waals surface area contributed by atoms with Gasteiger partial charge in [-0.2, -0.15) is 0 Å². The lowest BCUT2D eigenvalue weighted by Gasteiger charge is -2.10. The lowest BCUT2D eigenvalue weighted by atomic mass is 10.0. The summed E-state index contributed by atoms with van der Waals surface area (Å²) in [7, 11) is 0. The first-order valence-electron chi connectivity index (χ1n) is 15.4. The Balaban J connectivity index is 0.995. The highest BCUT2D eigenvalue weighted by Gasteiger charge is 2.09. The van der Waals surface area contributed by atoms with Crippen molar-refractivity contribution in [3.8, 4) is 34.1 Å². The summed E-state index contributed by atoms with van der Waals surface area (Å²) in [6.07, 6.45) is 0.317. The van der Waals surface area contributed by atoms with Crippen LogP contribution >= 0.6 is 23.2 Å². The van der Waals surface area contributed by atoms with Crippen LogP contribution in [0.4, 0.5) is 5.69 Å². The van der Waals surface area contributed by atoms with Gasteiger partial charge in [-0.3, -0.25) is 9.59 Å². The van der Waals surface area contributed by atoms with E-state index in [4.69, 9.17) is 32.7 Å². The summed E-state index contributed by atoms with van der Waals surface area (Å²) >= 11 is 11.7. The van der Waals surface area contributed by atoms with Crippen LogP contribution in [0.1, 0.15) is 37.4 Å². The van der Waals surface area contributed by atoms with Crippen molar-refractivity contribution in [3.63, 3.8) is 0 Å². The van der Waals surface area contributed by atoms with Crippen LogP contribution in [0, 0.1) is 0 Å². The molecule has 5 nitrogen and oxygen atoms in total. The zero-order chi connectivity index (χ0) is 33.3. The van der Waals surface area contributed by atoms with E-state index in [-0.39, 0.29) is 11.7 Å². The van der Waals surface area contributed by atoms with E-state index in [0.29, 0.717) is 58.0 Å². The zero-order valence-electron chi connectivity index (χ0n) is 25.9. The third kappa shape index (κ3) is 8.51. The Morgan fingerprint density at radius 3 is 1.27 bits per heavy atom. The normalized spacial score (nSPS) is 10.7. The number of alkyl halides is 2. The zero-order valence-corrected chi connectivity index (χ0v) is 27.4. The number of ketones is 1. The summed E-state index contributed by atoms with van der Waals surface area (Å²) in [5, 5.41) is 2.90. The van der Waals surface area contributed by atoms with E-state index in [1.54, 1.807) is 24.3 Å². The summed E-state index contributed by atoms with van der Waals surface area (Å²) in [5.41, 5.74) is 6.86. The molecule has 6 aromatic carbocycles. The standard InChI is InChI=1S/C41H31Cl2NO4/c42-26-29-1-7-33(8-2-29)40(45)25-28-5-17-36(18-6-28)47-37-19-11-31(12-20-37)32-13-21-38(22-14-32)48-39-23-15-35(16-24-39)44-41(46)34-9-3-30(27-43)4-10-34/h1-24H,25-27H2,(H,44,46). The van der Waals surface area contributed by atoms with Gasteiger partial charge in [0.25, 0.3) is 5.91 Å². The molecular formula is C41H31Cl2NO4. The molecule has 238 valence electrons. The molecule has 0 aliphatic carbocycles. The largest absolute Gasteiger partial charge is 0.457 e. The molecule has 1 amide bonds. The molecule has 6 aromatic rings. The van der Waals surface area contributed by atoms with E-state index < -0.39 is 0 Å². The van der Waals surface area contributed by atoms with E-state index in [0.717, 1.165) is 27.8 Å². The van der Waals surface area contributed by atoms with Crippen molar-refractivity contribution >= 4 is 40.6 Å². The fourth-order valence-corrected chi connectivity index (χ4v) is 5.36. The smallest absolute Gasteiger partial charge is 0.255 e. The van der Waals surface area contributed by atoms with Gasteiger partial charge in [-0.1, -0.05) is 72.8 Å². The number of ether oxygens (including phenoxy) is 2. The molecule has 0 atom stereocenters. The Bertz CT molecular complexity index is 1820. The molecule has 0 aliphatic rings. The first-order valence-corrected chi connectivity index (χ1v) is 16.4. The van der Waals surface area contributed by atoms with Gasteiger partial charge in [0.05, 0.1) is 0 Å². The number of benzene rings is 6. The topological polar surface area (TPSA) is 64.6 Å². The number of carbonyl (C=O) groups excluding carboxylic acids is 2. The van der Waals surface area contributed by atoms with Crippen LogP contribution in [-0.4, -0.2) is 11.7 Å². The quantitative estimate of drug-likeness (QED) is 0.104. The number of halogens is 2. The van der Waals surface area contributed by atoms with Crippen molar-refractivity contribution in [1.29, 1.82) is 0 Å². The van der Waals surface area contributed by atoms with E-state index in [1.165, 1.54) is 0 Å². The van der Waals surface area contributed by atoms with Crippen LogP contribution in [0.25, 0.3) is 11.1 Å². The van der Waals surface area contributed by atoms with Crippen LogP contribution in [0.5, 0.6) is 23.0 Å². The number of Topliss-reactive ketones (excluding diaryl/α,β-unsaturated/α-hetero) is 1. The molecule has 1 N–H and O–H groups in total. The van der Waals surface area contributed by atoms with Crippen LogP contribution in [0.3, 0.4) is 0 Å². The first-order chi connectivity index (χ1) is 23.4. The van der Waals surface area contributed by atoms with Crippen molar-refractivity contribution < 1.29 is 19.1 Å². The summed E-state index contributed by atoms with van der Waals surface area (Å²) in [6.45, 7) is 0. The summed E-state index contributed by atoms with van der Waals surface area (Å²) < 4.78 is 12.1. The second-order valence-corrected chi connectivity index (χ2v) is 11.7. The number of nitrogens with one attached hydrogen (secondary N) is 1. The fourth-order valence-electron chi connectivity index (χ4n) is 5.00. The Morgan fingerprint density at radius 1 is 0.458 bits per heavy atom. The highest BCUT2D eigenvalue weighted by atomic mass is 35.5. The van der Waals surface area contributed by atoms with Gasteiger partial charge in [0, 0.05) is 35.0 Å². The minimum Gasteiger partial charge on any atom is -0.457 e. The fraction of sp³-hybridized carbons (Fsp3) is 0.0732. The number of hydrogen-bond donors (Lipinski definition) is 1. The molecule has 0 heterocycles. The van der Waals surface area contributed by atoms with Gasteiger partial charge >= 0.3 is 0 Å². The molecule has 0 unspecified atom stereocenters. The predicted octanol–water partition coefficient (Wildman–Crippen LogP) is 11.1. The maximum absolute atomic E-state index is 12.6. The first kappa shape index (κ1) is 32.6. The van der Waals surface area contributed by atoms with Crippen LogP contribution < -0.4 is 14.8 Å². The predicted molar refractivity (Wildman–Crippen MR) is 193 cm³/mol. The van der Waals surface area contributed by atoms with E-state index in [2.05, 4.69) is 5.32 Å². The second-order valence-electron chi connectivity index (χ2n) is 11.1. The Labute approximate surface area is 289 Å². The Kier molecular flexibility index (Phi) is 10.5. The molecule has 6 rings (SSSR count). The molecule has 0 bridgehead atoms. The number of rotatable bonds is 12. The van der Waals surface area contributed by atoms with Crippen molar-refractivity contribution in [3.05, 3.63) is 173 Å². The molecule has 0 aromatic heterocycles. The minimum atomic E-state index is -0.190. The Hall–Kier alpha value is -5.36. The second kappa shape index (κ2) is 15.5. The average molecular weight is 673 g/mol. The molecule has 48 heavy (non-hydrogen) atoms. The molecule has 7 heteroatoms. The average Bonchev–Trinajstić information content (AvgIpc) is 3.14. The third-order valence-electron chi connectivity index (χ3n) is 7.71. The van der Waals surface area contributed by atoms with Gasteiger partial charge in [-0.25, -0.2) is 0 Å². The molecule has 0 aliphatic heterocycles. The van der Waals surface area contributed by atoms with Gasteiger partial charge in [0.2, 0.25) is 0 Å². The van der Waals surface area contributed by atoms with Crippen molar-refractivity contribution in [2.75, 3.05) is 5.32 Å². The van der Waals surface area contributed by atoms with Crippen molar-refractivity contribution in [1.82, 2.24) is 0 Å². The van der Waals surface area contributed by atoms with E-state index >= 15 is 0 Å². The summed E-state index contributed by atoms with van der Waals surface area (Å²) in [4.78, 5) is 25.2. The number of anilines is 1. The van der Waals surface area contributed by atoms with Crippen molar-refractivity contribution in [2.45, 2.75) is 18.2 Å². The SMILES string of the molecule is O=C(Cc1ccc(Oc2ccc(-c3ccc(Oc4ccc(NC(=O)c5ccc(CCl)cc5)cc4)cc3)cc2)cc1)c1ccc(CCl)cc1. The third-order valence-corrected chi connectivity index (χ3v) is 8.33. The molecule has 0 spiro atoms. The summed E-state index contributed by atoms with van der Waals surface area (Å²) in [5.74, 6) is 3.47. The highest BCUT2D eigenvalue weighted by Crippen LogP contribution is 2.29. The maximum Gasteiger partial charge on any atom is 0.255 e. The lowest BCUT2D eigenvalue weighted by molar-refractivity contribution is 0.0991. The molecule has 0 saturated carbocycles. The van der Waals surface area contributed by atoms with Crippen LogP contribution in [0.15, 0.2) is 146 Å². The van der Waals surface area contributed by atoms with Crippen LogP contribution in [0.2, 0.25) is 0 Å². The molecular weight excluding hydrogens is 641 g/mol. The van der Waals surface area contributed by atoms with E-state index in [1.807, 2.05) is 121 Å². The van der Waals surface area contributed by atoms with Gasteiger partial charge in [-0.15, -0.1) is 23.2 Å². The van der Waals surface area contributed by atoms with E-state index in [9.17, 15) is 9.59 Å². The molecule has 0 saturated heterocycles. The monoisotopic (exact) mass is 671 g/mol. The number of amides is 1. The summed E-state index contributed by atoms with van der Waals surface area (Å²) in [6, 6.07) is 45.1. The number of hydrogen-bond acceptors (Lipinski definition) is 4. The Morgan fingerprint density at radius 2 is 0.833 bits per heavy atom. The van der Waals surface area contributed by atoms with Gasteiger partial charge in [0.15, 0.2) is 5.78 Å². The van der Waals surface area contributed by atoms with Crippen molar-refractivity contribution in [2.24, 2.45) is 0 Å². The van der Waals surface area contributed by atoms with Crippen LogP contribution in [-0.2, 0) is 18.2 Å². The lowest BCUT2D eigenvalue weighted by Crippen LogP contribution is -2.11. The molecule has 0 fully saturated rings. The van der Waals surface area contributed by atoms with Gasteiger partial charge in [0.1, 0.15) is 23.0 Å². The van der Waals surface area contributed by atoms with Gasteiger partial charge < -0.3 is 14.8 Å². The molecule has 0 radical (unpaired) electrons. The number of carbonyl (C=O) groups is 2. The van der Waals surface area contributed by atoms with Gasteiger partial charge in [-0.05, 0) is 101 Å². The minimum absolute atomic E-state index is 0.0579. The highest BCUT2D eigenvalue weighted by molar-refractivity contribution is 6.17.